The Balaban J connectivity index is 1.80. The molecule has 0 bridgehead atoms. The van der Waals surface area contributed by atoms with E-state index in [2.05, 4.69) is 17.1 Å². The highest BCUT2D eigenvalue weighted by molar-refractivity contribution is 5.80. The molecule has 1 aromatic carbocycles. The Morgan fingerprint density at radius 1 is 1.42 bits per heavy atom. The molecule has 0 spiro atoms. The summed E-state index contributed by atoms with van der Waals surface area (Å²) in [5.74, 6) is 0.362. The lowest BCUT2D eigenvalue weighted by atomic mass is 9.99. The molecule has 0 amide bonds. The van der Waals surface area contributed by atoms with Crippen LogP contribution in [0, 0.1) is 0 Å². The molecule has 0 saturated heterocycles. The lowest BCUT2D eigenvalue weighted by Gasteiger charge is -2.17. The zero-order chi connectivity index (χ0) is 13.2. The predicted molar refractivity (Wildman–Crippen MR) is 71.2 cm³/mol. The minimum atomic E-state index is -0.575. The maximum Gasteiger partial charge on any atom is 0.335 e. The molecule has 3 rings (SSSR count). The molecular weight excluding hydrogens is 242 g/mol. The lowest BCUT2D eigenvalue weighted by molar-refractivity contribution is -0.146. The van der Waals surface area contributed by atoms with Crippen LogP contribution in [0.25, 0.3) is 0 Å². The zero-order valence-electron chi connectivity index (χ0n) is 10.9. The van der Waals surface area contributed by atoms with E-state index in [0.717, 1.165) is 5.56 Å². The van der Waals surface area contributed by atoms with E-state index in [-0.39, 0.29) is 12.1 Å². The first-order chi connectivity index (χ1) is 9.29. The first-order valence-electron chi connectivity index (χ1n) is 6.73. The van der Waals surface area contributed by atoms with Gasteiger partial charge in [0.2, 0.25) is 0 Å². The Kier molecular flexibility index (Phi) is 3.23. The molecule has 1 fully saturated rings. The van der Waals surface area contributed by atoms with Crippen molar-refractivity contribution in [3.05, 3.63) is 35.4 Å². The maximum atomic E-state index is 11.8. The van der Waals surface area contributed by atoms with Crippen molar-refractivity contribution in [3.63, 3.8) is 0 Å². The van der Waals surface area contributed by atoms with Crippen LogP contribution in [0.1, 0.15) is 42.9 Å². The van der Waals surface area contributed by atoms with Gasteiger partial charge < -0.3 is 9.47 Å². The van der Waals surface area contributed by atoms with Gasteiger partial charge >= 0.3 is 5.97 Å². The third kappa shape index (κ3) is 2.48. The average Bonchev–Trinajstić information content (AvgIpc) is 3.16. The summed E-state index contributed by atoms with van der Waals surface area (Å²) < 4.78 is 10.5. The molecule has 0 N–H and O–H groups in total. The van der Waals surface area contributed by atoms with Crippen LogP contribution in [0.4, 0.5) is 0 Å². The third-order valence-corrected chi connectivity index (χ3v) is 3.53. The first kappa shape index (κ1) is 12.2. The van der Waals surface area contributed by atoms with Gasteiger partial charge in [0, 0.05) is 0 Å². The second-order valence-electron chi connectivity index (χ2n) is 4.95. The quantitative estimate of drug-likeness (QED) is 0.781. The van der Waals surface area contributed by atoms with Gasteiger partial charge in [-0.3, -0.25) is 0 Å². The summed E-state index contributed by atoms with van der Waals surface area (Å²) in [6, 6.07) is 7.69. The molecule has 0 radical (unpaired) electrons. The van der Waals surface area contributed by atoms with Crippen molar-refractivity contribution in [1.82, 2.24) is 0 Å². The van der Waals surface area contributed by atoms with Crippen molar-refractivity contribution in [2.45, 2.75) is 37.8 Å². The number of benzene rings is 1. The molecule has 1 heterocycles. The molecule has 19 heavy (non-hydrogen) atoms. The molecule has 1 aliphatic heterocycles. The van der Waals surface area contributed by atoms with E-state index >= 15 is 0 Å². The van der Waals surface area contributed by atoms with Gasteiger partial charge in [-0.15, -0.1) is 0 Å². The van der Waals surface area contributed by atoms with Crippen molar-refractivity contribution < 1.29 is 14.3 Å². The number of ether oxygens (including phenoxy) is 2. The SMILES string of the molecule is CCOC(=O)C1N=COC1c1cccc(C2CC2)c1. The second kappa shape index (κ2) is 5.03. The normalized spacial score (nSPS) is 25.1. The summed E-state index contributed by atoms with van der Waals surface area (Å²) in [6.45, 7) is 2.15. The molecular formula is C15H17NO3. The molecule has 4 nitrogen and oxygen atoms in total. The fraction of sp³-hybridized carbons (Fsp3) is 0.467. The largest absolute Gasteiger partial charge is 0.473 e. The summed E-state index contributed by atoms with van der Waals surface area (Å²) in [7, 11) is 0. The van der Waals surface area contributed by atoms with Crippen molar-refractivity contribution in [2.75, 3.05) is 6.61 Å². The maximum absolute atomic E-state index is 11.8. The fourth-order valence-corrected chi connectivity index (χ4v) is 2.40. The number of nitrogens with zero attached hydrogens (tertiary/aromatic N) is 1. The van der Waals surface area contributed by atoms with Crippen LogP contribution in [-0.4, -0.2) is 25.0 Å². The first-order valence-corrected chi connectivity index (χ1v) is 6.73. The third-order valence-electron chi connectivity index (χ3n) is 3.53. The number of hydrogen-bond donors (Lipinski definition) is 0. The fourth-order valence-electron chi connectivity index (χ4n) is 2.40. The Labute approximate surface area is 112 Å². The van der Waals surface area contributed by atoms with Crippen LogP contribution < -0.4 is 0 Å². The van der Waals surface area contributed by atoms with Crippen molar-refractivity contribution >= 4 is 12.4 Å². The smallest absolute Gasteiger partial charge is 0.335 e. The predicted octanol–water partition coefficient (Wildman–Crippen LogP) is 2.60. The average molecular weight is 259 g/mol. The van der Waals surface area contributed by atoms with E-state index < -0.39 is 6.04 Å². The number of aliphatic imine (C=N–C) groups is 1. The summed E-state index contributed by atoms with van der Waals surface area (Å²) in [4.78, 5) is 15.9. The van der Waals surface area contributed by atoms with Crippen LogP contribution in [0.5, 0.6) is 0 Å². The van der Waals surface area contributed by atoms with Gasteiger partial charge in [-0.2, -0.15) is 0 Å². The molecule has 4 heteroatoms. The number of esters is 1. The van der Waals surface area contributed by atoms with Crippen molar-refractivity contribution in [3.8, 4) is 0 Å². The molecule has 2 unspecified atom stereocenters. The monoisotopic (exact) mass is 259 g/mol. The topological polar surface area (TPSA) is 47.9 Å². The molecule has 100 valence electrons. The highest BCUT2D eigenvalue weighted by atomic mass is 16.5. The van der Waals surface area contributed by atoms with Gasteiger partial charge in [-0.1, -0.05) is 24.3 Å². The van der Waals surface area contributed by atoms with Crippen LogP contribution >= 0.6 is 0 Å². The summed E-state index contributed by atoms with van der Waals surface area (Å²) in [6.07, 6.45) is 3.52. The summed E-state index contributed by atoms with van der Waals surface area (Å²) >= 11 is 0. The number of hydrogen-bond acceptors (Lipinski definition) is 4. The second-order valence-corrected chi connectivity index (χ2v) is 4.95. The van der Waals surface area contributed by atoms with E-state index in [1.54, 1.807) is 6.92 Å². The van der Waals surface area contributed by atoms with Gasteiger partial charge in [-0.25, -0.2) is 9.79 Å². The minimum absolute atomic E-state index is 0.321. The van der Waals surface area contributed by atoms with Gasteiger partial charge in [0.1, 0.15) is 0 Å². The van der Waals surface area contributed by atoms with E-state index in [4.69, 9.17) is 9.47 Å². The summed E-state index contributed by atoms with van der Waals surface area (Å²) in [5.41, 5.74) is 2.33. The minimum Gasteiger partial charge on any atom is -0.473 e. The van der Waals surface area contributed by atoms with Gasteiger partial charge in [-0.05, 0) is 36.8 Å². The van der Waals surface area contributed by atoms with E-state index in [9.17, 15) is 4.79 Å². The van der Waals surface area contributed by atoms with Crippen LogP contribution in [0.15, 0.2) is 29.3 Å². The van der Waals surface area contributed by atoms with Gasteiger partial charge in [0.05, 0.1) is 6.61 Å². The van der Waals surface area contributed by atoms with Crippen LogP contribution in [0.2, 0.25) is 0 Å². The Morgan fingerprint density at radius 2 is 2.21 bits per heavy atom. The standard InChI is InChI=1S/C15H17NO3/c1-2-18-15(17)13-14(19-9-16-13)12-5-3-4-11(8-12)10-6-7-10/h3-5,8-10,13-14H,2,6-7H2,1H3. The Bertz CT molecular complexity index is 508. The number of carbonyl (C=O) groups is 1. The van der Waals surface area contributed by atoms with Gasteiger partial charge in [0.25, 0.3) is 0 Å². The van der Waals surface area contributed by atoms with Crippen LogP contribution in [0.3, 0.4) is 0 Å². The lowest BCUT2D eigenvalue weighted by Crippen LogP contribution is -2.26. The number of carbonyl (C=O) groups excluding carboxylic acids is 1. The van der Waals surface area contributed by atoms with E-state index in [1.165, 1.54) is 24.8 Å². The number of rotatable bonds is 4. The Hall–Kier alpha value is -1.84. The summed E-state index contributed by atoms with van der Waals surface area (Å²) in [5, 5.41) is 0. The molecule has 0 aromatic heterocycles. The van der Waals surface area contributed by atoms with Crippen molar-refractivity contribution in [2.24, 2.45) is 4.99 Å². The molecule has 2 aliphatic rings. The Morgan fingerprint density at radius 3 is 2.95 bits per heavy atom. The highest BCUT2D eigenvalue weighted by Gasteiger charge is 2.35. The molecule has 2 atom stereocenters. The van der Waals surface area contributed by atoms with E-state index in [0.29, 0.717) is 12.5 Å². The molecule has 1 saturated carbocycles. The highest BCUT2D eigenvalue weighted by Crippen LogP contribution is 2.41. The zero-order valence-corrected chi connectivity index (χ0v) is 10.9. The molecule has 1 aliphatic carbocycles. The van der Waals surface area contributed by atoms with Crippen molar-refractivity contribution in [1.29, 1.82) is 0 Å². The van der Waals surface area contributed by atoms with E-state index in [1.807, 2.05) is 12.1 Å². The van der Waals surface area contributed by atoms with Crippen LogP contribution in [-0.2, 0) is 14.3 Å². The molecule has 1 aromatic rings. The van der Waals surface area contributed by atoms with Gasteiger partial charge in [0.15, 0.2) is 18.5 Å².